The molecule has 0 unspecified atom stereocenters. The molecule has 1 heterocycles. The average Bonchev–Trinajstić information content (AvgIpc) is 3.03. The van der Waals surface area contributed by atoms with E-state index in [2.05, 4.69) is 25.9 Å². The van der Waals surface area contributed by atoms with Gasteiger partial charge in [0.2, 0.25) is 0 Å². The Labute approximate surface area is 103 Å². The summed E-state index contributed by atoms with van der Waals surface area (Å²) < 4.78 is 0.950. The second-order valence-electron chi connectivity index (χ2n) is 4.99. The van der Waals surface area contributed by atoms with Crippen LogP contribution in [0, 0.1) is 0 Å². The predicted molar refractivity (Wildman–Crippen MR) is 64.3 cm³/mol. The summed E-state index contributed by atoms with van der Waals surface area (Å²) in [6.45, 7) is 0.201. The van der Waals surface area contributed by atoms with Crippen molar-refractivity contribution in [3.63, 3.8) is 0 Å². The van der Waals surface area contributed by atoms with Gasteiger partial charge in [0.05, 0.1) is 16.8 Å². The van der Waals surface area contributed by atoms with E-state index in [1.807, 2.05) is 6.20 Å². The summed E-state index contributed by atoms with van der Waals surface area (Å²) in [5.74, 6) is 1.54. The van der Waals surface area contributed by atoms with E-state index in [4.69, 9.17) is 0 Å². The first-order valence-corrected chi connectivity index (χ1v) is 6.68. The molecule has 3 rings (SSSR count). The molecule has 1 aromatic rings. The van der Waals surface area contributed by atoms with E-state index >= 15 is 0 Å². The zero-order chi connectivity index (χ0) is 11.2. The molecule has 0 radical (unpaired) electrons. The summed E-state index contributed by atoms with van der Waals surface area (Å²) in [6.07, 6.45) is 7.56. The SMILES string of the molecule is OCC1(c2nc(C3CC3)ncc2Br)CCC1. The van der Waals surface area contributed by atoms with Gasteiger partial charge >= 0.3 is 0 Å². The number of nitrogens with zero attached hydrogens (tertiary/aromatic N) is 2. The fourth-order valence-corrected chi connectivity index (χ4v) is 2.98. The maximum Gasteiger partial charge on any atom is 0.131 e. The molecule has 2 saturated carbocycles. The zero-order valence-corrected chi connectivity index (χ0v) is 10.7. The summed E-state index contributed by atoms with van der Waals surface area (Å²) in [5.41, 5.74) is 0.934. The van der Waals surface area contributed by atoms with Crippen molar-refractivity contribution >= 4 is 15.9 Å². The fraction of sp³-hybridized carbons (Fsp3) is 0.667. The van der Waals surface area contributed by atoms with Crippen molar-refractivity contribution in [2.45, 2.75) is 43.4 Å². The highest BCUT2D eigenvalue weighted by Crippen LogP contribution is 2.46. The third-order valence-corrected chi connectivity index (χ3v) is 4.40. The lowest BCUT2D eigenvalue weighted by molar-refractivity contribution is 0.115. The zero-order valence-electron chi connectivity index (χ0n) is 9.12. The molecule has 1 aromatic heterocycles. The molecular weight excluding hydrogens is 268 g/mol. The first-order chi connectivity index (χ1) is 7.75. The molecule has 2 aliphatic carbocycles. The van der Waals surface area contributed by atoms with Gasteiger partial charge in [-0.15, -0.1) is 0 Å². The van der Waals surface area contributed by atoms with Crippen LogP contribution in [-0.4, -0.2) is 21.7 Å². The second-order valence-corrected chi connectivity index (χ2v) is 5.85. The summed E-state index contributed by atoms with van der Waals surface area (Å²) in [7, 11) is 0. The highest BCUT2D eigenvalue weighted by Gasteiger charge is 2.41. The van der Waals surface area contributed by atoms with E-state index in [9.17, 15) is 5.11 Å². The Morgan fingerprint density at radius 2 is 2.19 bits per heavy atom. The third kappa shape index (κ3) is 1.59. The maximum atomic E-state index is 9.58. The molecule has 0 saturated heterocycles. The van der Waals surface area contributed by atoms with Crippen molar-refractivity contribution in [3.8, 4) is 0 Å². The standard InChI is InChI=1S/C12H15BrN2O/c13-9-6-14-11(8-2-3-8)15-10(9)12(7-16)4-1-5-12/h6,8,16H,1-5,7H2. The smallest absolute Gasteiger partial charge is 0.131 e. The van der Waals surface area contributed by atoms with Crippen molar-refractivity contribution in [2.24, 2.45) is 0 Å². The lowest BCUT2D eigenvalue weighted by Gasteiger charge is -2.40. The summed E-state index contributed by atoms with van der Waals surface area (Å²) in [4.78, 5) is 9.05. The van der Waals surface area contributed by atoms with Crippen LogP contribution >= 0.6 is 15.9 Å². The van der Waals surface area contributed by atoms with Gasteiger partial charge in [-0.3, -0.25) is 0 Å². The van der Waals surface area contributed by atoms with E-state index in [-0.39, 0.29) is 12.0 Å². The van der Waals surface area contributed by atoms with Crippen molar-refractivity contribution in [3.05, 3.63) is 22.2 Å². The van der Waals surface area contributed by atoms with Crippen LogP contribution < -0.4 is 0 Å². The highest BCUT2D eigenvalue weighted by molar-refractivity contribution is 9.10. The van der Waals surface area contributed by atoms with Gasteiger partial charge in [-0.05, 0) is 41.6 Å². The molecule has 0 atom stereocenters. The van der Waals surface area contributed by atoms with Gasteiger partial charge in [-0.25, -0.2) is 9.97 Å². The Hall–Kier alpha value is -0.480. The second kappa shape index (κ2) is 3.77. The number of halogens is 1. The topological polar surface area (TPSA) is 46.0 Å². The van der Waals surface area contributed by atoms with E-state index < -0.39 is 0 Å². The number of aromatic nitrogens is 2. The normalized spacial score (nSPS) is 22.9. The lowest BCUT2D eigenvalue weighted by Crippen LogP contribution is -2.39. The van der Waals surface area contributed by atoms with Gasteiger partial charge in [-0.2, -0.15) is 0 Å². The molecule has 0 bridgehead atoms. The molecular formula is C12H15BrN2O. The molecule has 0 spiro atoms. The Bertz CT molecular complexity index is 408. The monoisotopic (exact) mass is 282 g/mol. The number of aliphatic hydroxyl groups is 1. The average molecular weight is 283 g/mol. The van der Waals surface area contributed by atoms with Crippen molar-refractivity contribution in [2.75, 3.05) is 6.61 Å². The van der Waals surface area contributed by atoms with E-state index in [1.54, 1.807) is 0 Å². The molecule has 2 fully saturated rings. The van der Waals surface area contributed by atoms with Crippen LogP contribution in [0.4, 0.5) is 0 Å². The third-order valence-electron chi connectivity index (χ3n) is 3.82. The molecule has 3 nitrogen and oxygen atoms in total. The number of hydrogen-bond acceptors (Lipinski definition) is 3. The van der Waals surface area contributed by atoms with Crippen LogP contribution in [0.3, 0.4) is 0 Å². The Morgan fingerprint density at radius 1 is 1.44 bits per heavy atom. The molecule has 0 amide bonds. The number of rotatable bonds is 3. The quantitative estimate of drug-likeness (QED) is 0.927. The molecule has 2 aliphatic rings. The van der Waals surface area contributed by atoms with E-state index in [1.165, 1.54) is 19.3 Å². The summed E-state index contributed by atoms with van der Waals surface area (Å²) >= 11 is 3.52. The summed E-state index contributed by atoms with van der Waals surface area (Å²) in [6, 6.07) is 0. The highest BCUT2D eigenvalue weighted by atomic mass is 79.9. The van der Waals surface area contributed by atoms with Gasteiger partial charge in [0.15, 0.2) is 0 Å². The first-order valence-electron chi connectivity index (χ1n) is 5.89. The predicted octanol–water partition coefficient (Wildman–Crippen LogP) is 2.53. The molecule has 1 N–H and O–H groups in total. The molecule has 86 valence electrons. The Morgan fingerprint density at radius 3 is 2.69 bits per heavy atom. The van der Waals surface area contributed by atoms with Gasteiger partial charge < -0.3 is 5.11 Å². The van der Waals surface area contributed by atoms with Crippen molar-refractivity contribution < 1.29 is 5.11 Å². The van der Waals surface area contributed by atoms with Crippen LogP contribution in [0.1, 0.15) is 49.5 Å². The molecule has 4 heteroatoms. The lowest BCUT2D eigenvalue weighted by atomic mass is 9.67. The minimum absolute atomic E-state index is 0.0919. The minimum Gasteiger partial charge on any atom is -0.395 e. The van der Waals surface area contributed by atoms with Crippen LogP contribution in [0.25, 0.3) is 0 Å². The van der Waals surface area contributed by atoms with Crippen LogP contribution in [0.15, 0.2) is 10.7 Å². The van der Waals surface area contributed by atoms with Crippen molar-refractivity contribution in [1.82, 2.24) is 9.97 Å². The van der Waals surface area contributed by atoms with E-state index in [0.717, 1.165) is 28.8 Å². The van der Waals surface area contributed by atoms with Gasteiger partial charge in [0, 0.05) is 17.5 Å². The summed E-state index contributed by atoms with van der Waals surface area (Å²) in [5, 5.41) is 9.58. The Kier molecular flexibility index (Phi) is 2.51. The van der Waals surface area contributed by atoms with Gasteiger partial charge in [0.25, 0.3) is 0 Å². The Balaban J connectivity index is 2.00. The van der Waals surface area contributed by atoms with Gasteiger partial charge in [0.1, 0.15) is 5.82 Å². The number of hydrogen-bond donors (Lipinski definition) is 1. The minimum atomic E-state index is -0.0919. The van der Waals surface area contributed by atoms with Gasteiger partial charge in [-0.1, -0.05) is 6.42 Å². The van der Waals surface area contributed by atoms with Crippen LogP contribution in [0.2, 0.25) is 0 Å². The fourth-order valence-electron chi connectivity index (χ4n) is 2.36. The molecule has 0 aromatic carbocycles. The maximum absolute atomic E-state index is 9.58. The van der Waals surface area contributed by atoms with E-state index in [0.29, 0.717) is 5.92 Å². The molecule has 0 aliphatic heterocycles. The van der Waals surface area contributed by atoms with Crippen molar-refractivity contribution in [1.29, 1.82) is 0 Å². The largest absolute Gasteiger partial charge is 0.395 e. The van der Waals surface area contributed by atoms with Crippen LogP contribution in [0.5, 0.6) is 0 Å². The molecule has 16 heavy (non-hydrogen) atoms. The first kappa shape index (κ1) is 10.7. The van der Waals surface area contributed by atoms with Crippen LogP contribution in [-0.2, 0) is 5.41 Å². The number of aliphatic hydroxyl groups excluding tert-OH is 1.